The second kappa shape index (κ2) is 7.64. The molecular formula is C19H22FNO3. The van der Waals surface area contributed by atoms with Crippen molar-refractivity contribution in [2.45, 2.75) is 12.6 Å². The highest BCUT2D eigenvalue weighted by Gasteiger charge is 2.23. The molecule has 0 aliphatic carbocycles. The minimum absolute atomic E-state index is 0.112. The first-order valence-corrected chi connectivity index (χ1v) is 8.00. The third-order valence-corrected chi connectivity index (χ3v) is 4.26. The number of benzene rings is 2. The zero-order valence-electron chi connectivity index (χ0n) is 14.0. The van der Waals surface area contributed by atoms with Gasteiger partial charge in [-0.1, -0.05) is 18.2 Å². The van der Waals surface area contributed by atoms with Crippen LogP contribution in [0.2, 0.25) is 0 Å². The van der Waals surface area contributed by atoms with Crippen molar-refractivity contribution < 1.29 is 18.6 Å². The van der Waals surface area contributed by atoms with Crippen LogP contribution in [0.3, 0.4) is 0 Å². The van der Waals surface area contributed by atoms with E-state index in [1.54, 1.807) is 26.4 Å². The van der Waals surface area contributed by atoms with Gasteiger partial charge in [0.2, 0.25) is 0 Å². The Balaban J connectivity index is 1.71. The van der Waals surface area contributed by atoms with Gasteiger partial charge in [-0.15, -0.1) is 0 Å². The van der Waals surface area contributed by atoms with Crippen LogP contribution in [0.1, 0.15) is 17.2 Å². The van der Waals surface area contributed by atoms with E-state index in [0.717, 1.165) is 42.3 Å². The fourth-order valence-corrected chi connectivity index (χ4v) is 2.98. The first-order valence-electron chi connectivity index (χ1n) is 8.00. The molecule has 3 rings (SSSR count). The van der Waals surface area contributed by atoms with Crippen molar-refractivity contribution >= 4 is 0 Å². The summed E-state index contributed by atoms with van der Waals surface area (Å²) in [6.07, 6.45) is -0.112. The molecular weight excluding hydrogens is 309 g/mol. The Kier molecular flexibility index (Phi) is 5.33. The lowest BCUT2D eigenvalue weighted by molar-refractivity contribution is -0.0332. The number of hydrogen-bond donors (Lipinski definition) is 0. The maximum Gasteiger partial charge on any atom is 0.127 e. The molecule has 128 valence electrons. The van der Waals surface area contributed by atoms with Gasteiger partial charge in [0.05, 0.1) is 26.9 Å². The summed E-state index contributed by atoms with van der Waals surface area (Å²) in [5.41, 5.74) is 1.97. The van der Waals surface area contributed by atoms with Gasteiger partial charge in [-0.2, -0.15) is 0 Å². The summed E-state index contributed by atoms with van der Waals surface area (Å²) >= 11 is 0. The molecule has 1 aliphatic rings. The summed E-state index contributed by atoms with van der Waals surface area (Å²) in [7, 11) is 3.30. The predicted octanol–water partition coefficient (Wildman–Crippen LogP) is 3.42. The monoisotopic (exact) mass is 331 g/mol. The van der Waals surface area contributed by atoms with Gasteiger partial charge in [0, 0.05) is 31.3 Å². The van der Waals surface area contributed by atoms with Gasteiger partial charge in [-0.25, -0.2) is 4.39 Å². The van der Waals surface area contributed by atoms with Gasteiger partial charge < -0.3 is 14.2 Å². The summed E-state index contributed by atoms with van der Waals surface area (Å²) in [4.78, 5) is 2.30. The molecule has 1 fully saturated rings. The average Bonchev–Trinajstić information content (AvgIpc) is 2.62. The number of methoxy groups -OCH3 is 2. The van der Waals surface area contributed by atoms with E-state index in [-0.39, 0.29) is 11.9 Å². The molecule has 0 radical (unpaired) electrons. The van der Waals surface area contributed by atoms with Crippen molar-refractivity contribution in [3.8, 4) is 11.5 Å². The van der Waals surface area contributed by atoms with Crippen LogP contribution in [0.4, 0.5) is 4.39 Å². The quantitative estimate of drug-likeness (QED) is 0.840. The van der Waals surface area contributed by atoms with Crippen LogP contribution >= 0.6 is 0 Å². The molecule has 2 aromatic rings. The smallest absolute Gasteiger partial charge is 0.127 e. The van der Waals surface area contributed by atoms with E-state index < -0.39 is 0 Å². The van der Waals surface area contributed by atoms with Gasteiger partial charge in [0.25, 0.3) is 0 Å². The Morgan fingerprint density at radius 1 is 1.17 bits per heavy atom. The Labute approximate surface area is 141 Å². The fraction of sp³-hybridized carbons (Fsp3) is 0.368. The zero-order valence-corrected chi connectivity index (χ0v) is 14.0. The van der Waals surface area contributed by atoms with Gasteiger partial charge in [0.15, 0.2) is 0 Å². The first kappa shape index (κ1) is 16.7. The van der Waals surface area contributed by atoms with E-state index in [1.807, 2.05) is 24.3 Å². The SMILES string of the molecule is COc1ccc(CN2CCO[C@@H](c3cccc(F)c3)C2)c(OC)c1. The molecule has 0 aromatic heterocycles. The fourth-order valence-electron chi connectivity index (χ4n) is 2.98. The van der Waals surface area contributed by atoms with Crippen molar-refractivity contribution in [3.63, 3.8) is 0 Å². The zero-order chi connectivity index (χ0) is 16.9. The number of hydrogen-bond acceptors (Lipinski definition) is 4. The van der Waals surface area contributed by atoms with Crippen molar-refractivity contribution in [1.82, 2.24) is 4.90 Å². The number of rotatable bonds is 5. The number of nitrogens with zero attached hydrogens (tertiary/aromatic N) is 1. The molecule has 0 saturated carbocycles. The van der Waals surface area contributed by atoms with E-state index in [1.165, 1.54) is 6.07 Å². The number of ether oxygens (including phenoxy) is 3. The maximum absolute atomic E-state index is 13.4. The molecule has 1 aliphatic heterocycles. The molecule has 0 bridgehead atoms. The third-order valence-electron chi connectivity index (χ3n) is 4.26. The number of morpholine rings is 1. The van der Waals surface area contributed by atoms with Crippen molar-refractivity contribution in [2.75, 3.05) is 33.9 Å². The van der Waals surface area contributed by atoms with Crippen LogP contribution in [0.5, 0.6) is 11.5 Å². The van der Waals surface area contributed by atoms with E-state index in [9.17, 15) is 4.39 Å². The predicted molar refractivity (Wildman–Crippen MR) is 89.9 cm³/mol. The molecule has 4 nitrogen and oxygen atoms in total. The van der Waals surface area contributed by atoms with Gasteiger partial charge in [-0.3, -0.25) is 4.90 Å². The Morgan fingerprint density at radius 2 is 2.04 bits per heavy atom. The maximum atomic E-state index is 13.4. The summed E-state index contributed by atoms with van der Waals surface area (Å²) in [5.74, 6) is 1.35. The third kappa shape index (κ3) is 3.86. The highest BCUT2D eigenvalue weighted by atomic mass is 19.1. The van der Waals surface area contributed by atoms with Gasteiger partial charge in [-0.05, 0) is 23.8 Å². The van der Waals surface area contributed by atoms with Crippen molar-refractivity contribution in [2.24, 2.45) is 0 Å². The van der Waals surface area contributed by atoms with Crippen LogP contribution in [0.15, 0.2) is 42.5 Å². The van der Waals surface area contributed by atoms with E-state index in [0.29, 0.717) is 6.61 Å². The highest BCUT2D eigenvalue weighted by molar-refractivity contribution is 5.40. The lowest BCUT2D eigenvalue weighted by Crippen LogP contribution is -2.37. The topological polar surface area (TPSA) is 30.9 Å². The lowest BCUT2D eigenvalue weighted by atomic mass is 10.1. The molecule has 2 aromatic carbocycles. The minimum Gasteiger partial charge on any atom is -0.497 e. The van der Waals surface area contributed by atoms with E-state index >= 15 is 0 Å². The van der Waals surface area contributed by atoms with Crippen LogP contribution < -0.4 is 9.47 Å². The summed E-state index contributed by atoms with van der Waals surface area (Å²) in [5, 5.41) is 0. The van der Waals surface area contributed by atoms with Crippen LogP contribution in [-0.4, -0.2) is 38.8 Å². The second-order valence-electron chi connectivity index (χ2n) is 5.83. The van der Waals surface area contributed by atoms with Gasteiger partial charge in [0.1, 0.15) is 17.3 Å². The van der Waals surface area contributed by atoms with Crippen LogP contribution in [0.25, 0.3) is 0 Å². The Morgan fingerprint density at radius 3 is 2.79 bits per heavy atom. The summed E-state index contributed by atoms with van der Waals surface area (Å²) in [6.45, 7) is 2.93. The molecule has 1 saturated heterocycles. The lowest BCUT2D eigenvalue weighted by Gasteiger charge is -2.33. The molecule has 0 N–H and O–H groups in total. The van der Waals surface area contributed by atoms with Crippen LogP contribution in [-0.2, 0) is 11.3 Å². The largest absolute Gasteiger partial charge is 0.497 e. The molecule has 5 heteroatoms. The average molecular weight is 331 g/mol. The molecule has 0 amide bonds. The van der Waals surface area contributed by atoms with Gasteiger partial charge >= 0.3 is 0 Å². The normalized spacial score (nSPS) is 18.4. The van der Waals surface area contributed by atoms with Crippen LogP contribution in [0, 0.1) is 5.82 Å². The standard InChI is InChI=1S/C19H22FNO3/c1-22-17-7-6-15(18(11-17)23-2)12-21-8-9-24-19(13-21)14-4-3-5-16(20)10-14/h3-7,10-11,19H,8-9,12-13H2,1-2H3/t19-/m1/s1. The summed E-state index contributed by atoms with van der Waals surface area (Å²) < 4.78 is 30.0. The van der Waals surface area contributed by atoms with Crippen molar-refractivity contribution in [3.05, 3.63) is 59.4 Å². The molecule has 1 heterocycles. The Bertz CT molecular complexity index is 692. The second-order valence-corrected chi connectivity index (χ2v) is 5.83. The molecule has 0 spiro atoms. The molecule has 1 atom stereocenters. The minimum atomic E-state index is -0.231. The molecule has 24 heavy (non-hydrogen) atoms. The summed E-state index contributed by atoms with van der Waals surface area (Å²) in [6, 6.07) is 12.5. The van der Waals surface area contributed by atoms with Crippen molar-refractivity contribution in [1.29, 1.82) is 0 Å². The number of halogens is 1. The highest BCUT2D eigenvalue weighted by Crippen LogP contribution is 2.28. The molecule has 0 unspecified atom stereocenters. The first-order chi connectivity index (χ1) is 11.7. The van der Waals surface area contributed by atoms with E-state index in [2.05, 4.69) is 4.90 Å². The van der Waals surface area contributed by atoms with E-state index in [4.69, 9.17) is 14.2 Å². The Hall–Kier alpha value is -2.11.